The number of oxime groups is 1. The van der Waals surface area contributed by atoms with E-state index in [0.717, 1.165) is 23.3 Å². The first kappa shape index (κ1) is 14.4. The van der Waals surface area contributed by atoms with Gasteiger partial charge in [0.15, 0.2) is 0 Å². The van der Waals surface area contributed by atoms with Gasteiger partial charge in [-0.05, 0) is 53.6 Å². The molecule has 0 spiro atoms. The first-order valence-electron chi connectivity index (χ1n) is 6.73. The zero-order valence-corrected chi connectivity index (χ0v) is 12.3. The van der Waals surface area contributed by atoms with Gasteiger partial charge in [0.25, 0.3) is 0 Å². The number of carbonyl (C=O) groups excluding carboxylic acids is 1. The topological polar surface area (TPSA) is 59.9 Å². The summed E-state index contributed by atoms with van der Waals surface area (Å²) in [5.74, 6) is 0.901. The van der Waals surface area contributed by atoms with Gasteiger partial charge in [-0.2, -0.15) is 0 Å². The van der Waals surface area contributed by atoms with Crippen LogP contribution < -0.4 is 10.1 Å². The lowest BCUT2D eigenvalue weighted by molar-refractivity contribution is 0.167. The van der Waals surface area contributed by atoms with Gasteiger partial charge in [0, 0.05) is 17.1 Å². The number of halogens is 1. The highest BCUT2D eigenvalue weighted by atomic mass is 35.5. The second kappa shape index (κ2) is 6.49. The molecule has 0 fully saturated rings. The predicted octanol–water partition coefficient (Wildman–Crippen LogP) is 3.86. The molecule has 6 heteroatoms. The Balaban J connectivity index is 1.55. The van der Waals surface area contributed by atoms with Gasteiger partial charge in [-0.1, -0.05) is 16.8 Å². The lowest BCUT2D eigenvalue weighted by atomic mass is 10.1. The zero-order valence-electron chi connectivity index (χ0n) is 11.6. The van der Waals surface area contributed by atoms with Crippen molar-refractivity contribution in [2.45, 2.75) is 6.42 Å². The van der Waals surface area contributed by atoms with Crippen molar-refractivity contribution in [3.05, 3.63) is 58.6 Å². The average Bonchev–Trinajstić information content (AvgIpc) is 2.97. The molecule has 1 aliphatic rings. The summed E-state index contributed by atoms with van der Waals surface area (Å²) in [5.41, 5.74) is 2.57. The minimum Gasteiger partial charge on any atom is -0.493 e. The monoisotopic (exact) mass is 316 g/mol. The van der Waals surface area contributed by atoms with Gasteiger partial charge >= 0.3 is 6.09 Å². The fraction of sp³-hybridized carbons (Fsp3) is 0.125. The van der Waals surface area contributed by atoms with Crippen LogP contribution in [0.2, 0.25) is 5.02 Å². The molecule has 0 radical (unpaired) electrons. The third-order valence-corrected chi connectivity index (χ3v) is 3.39. The molecule has 1 aliphatic heterocycles. The standard InChI is InChI=1S/C16H13ClN2O3/c17-13-2-4-14(5-3-13)19-16(20)22-18-10-11-1-6-15-12(9-11)7-8-21-15/h1-6,9-10H,7-8H2,(H,19,20). The van der Waals surface area contributed by atoms with E-state index in [4.69, 9.17) is 21.2 Å². The number of rotatable bonds is 3. The summed E-state index contributed by atoms with van der Waals surface area (Å²) in [5, 5.41) is 6.82. The Kier molecular flexibility index (Phi) is 4.25. The fourth-order valence-electron chi connectivity index (χ4n) is 2.10. The van der Waals surface area contributed by atoms with Gasteiger partial charge in [0.05, 0.1) is 12.8 Å². The number of anilines is 1. The predicted molar refractivity (Wildman–Crippen MR) is 84.8 cm³/mol. The van der Waals surface area contributed by atoms with Crippen LogP contribution in [-0.4, -0.2) is 18.9 Å². The fourth-order valence-corrected chi connectivity index (χ4v) is 2.22. The molecule has 1 N–H and O–H groups in total. The van der Waals surface area contributed by atoms with Crippen LogP contribution in [0, 0.1) is 0 Å². The molecule has 0 atom stereocenters. The van der Waals surface area contributed by atoms with Crippen LogP contribution >= 0.6 is 11.6 Å². The molecule has 2 aromatic rings. The SMILES string of the molecule is O=C(Nc1ccc(Cl)cc1)ON=Cc1ccc2c(c1)CCO2. The van der Waals surface area contributed by atoms with E-state index < -0.39 is 6.09 Å². The summed E-state index contributed by atoms with van der Waals surface area (Å²) < 4.78 is 5.42. The Labute approximate surface area is 132 Å². The van der Waals surface area contributed by atoms with E-state index in [1.807, 2.05) is 18.2 Å². The Hall–Kier alpha value is -2.53. The molecular weight excluding hydrogens is 304 g/mol. The summed E-state index contributed by atoms with van der Waals surface area (Å²) in [6.45, 7) is 0.704. The van der Waals surface area contributed by atoms with Gasteiger partial charge in [-0.3, -0.25) is 10.2 Å². The number of ether oxygens (including phenoxy) is 1. The summed E-state index contributed by atoms with van der Waals surface area (Å²) >= 11 is 5.76. The lowest BCUT2D eigenvalue weighted by Gasteiger charge is -2.02. The summed E-state index contributed by atoms with van der Waals surface area (Å²) in [4.78, 5) is 16.3. The molecule has 1 heterocycles. The van der Waals surface area contributed by atoms with Gasteiger partial charge in [-0.15, -0.1) is 0 Å². The van der Waals surface area contributed by atoms with E-state index in [0.29, 0.717) is 17.3 Å². The van der Waals surface area contributed by atoms with Gasteiger partial charge < -0.3 is 4.74 Å². The molecule has 5 nitrogen and oxygen atoms in total. The summed E-state index contributed by atoms with van der Waals surface area (Å²) in [6, 6.07) is 12.4. The number of nitrogens with zero attached hydrogens (tertiary/aromatic N) is 1. The molecule has 0 aromatic heterocycles. The highest BCUT2D eigenvalue weighted by molar-refractivity contribution is 6.30. The van der Waals surface area contributed by atoms with Crippen LogP contribution in [-0.2, 0) is 11.3 Å². The second-order valence-electron chi connectivity index (χ2n) is 4.71. The maximum atomic E-state index is 11.6. The third-order valence-electron chi connectivity index (χ3n) is 3.14. The Morgan fingerprint density at radius 2 is 2.09 bits per heavy atom. The van der Waals surface area contributed by atoms with E-state index >= 15 is 0 Å². The van der Waals surface area contributed by atoms with Crippen molar-refractivity contribution in [3.8, 4) is 5.75 Å². The number of carbonyl (C=O) groups is 1. The third kappa shape index (κ3) is 3.56. The molecule has 0 saturated carbocycles. The largest absolute Gasteiger partial charge is 0.493 e. The van der Waals surface area contributed by atoms with Crippen molar-refractivity contribution in [2.75, 3.05) is 11.9 Å². The van der Waals surface area contributed by atoms with E-state index in [-0.39, 0.29) is 0 Å². The van der Waals surface area contributed by atoms with Crippen LogP contribution in [0.3, 0.4) is 0 Å². The van der Waals surface area contributed by atoms with Crippen molar-refractivity contribution in [3.63, 3.8) is 0 Å². The molecule has 112 valence electrons. The number of benzene rings is 2. The van der Waals surface area contributed by atoms with Crippen molar-refractivity contribution in [1.29, 1.82) is 0 Å². The van der Waals surface area contributed by atoms with Crippen molar-refractivity contribution in [2.24, 2.45) is 5.16 Å². The van der Waals surface area contributed by atoms with Gasteiger partial charge in [-0.25, -0.2) is 4.79 Å². The van der Waals surface area contributed by atoms with Gasteiger partial charge in [0.2, 0.25) is 0 Å². The lowest BCUT2D eigenvalue weighted by Crippen LogP contribution is -2.10. The maximum Gasteiger partial charge on any atom is 0.437 e. The molecule has 0 unspecified atom stereocenters. The maximum absolute atomic E-state index is 11.6. The van der Waals surface area contributed by atoms with E-state index in [1.165, 1.54) is 6.21 Å². The first-order valence-corrected chi connectivity index (χ1v) is 7.11. The molecule has 0 bridgehead atoms. The quantitative estimate of drug-likeness (QED) is 0.531. The molecular formula is C16H13ClN2O3. The minimum absolute atomic E-state index is 0.583. The molecule has 0 aliphatic carbocycles. The Morgan fingerprint density at radius 1 is 1.27 bits per heavy atom. The van der Waals surface area contributed by atoms with Crippen LogP contribution in [0.25, 0.3) is 0 Å². The highest BCUT2D eigenvalue weighted by Crippen LogP contribution is 2.25. The molecule has 2 aromatic carbocycles. The molecule has 22 heavy (non-hydrogen) atoms. The van der Waals surface area contributed by atoms with Crippen molar-refractivity contribution >= 4 is 29.6 Å². The van der Waals surface area contributed by atoms with E-state index in [2.05, 4.69) is 10.5 Å². The van der Waals surface area contributed by atoms with Crippen LogP contribution in [0.1, 0.15) is 11.1 Å². The zero-order chi connectivity index (χ0) is 15.4. The van der Waals surface area contributed by atoms with Crippen LogP contribution in [0.15, 0.2) is 47.6 Å². The number of hydrogen-bond acceptors (Lipinski definition) is 4. The van der Waals surface area contributed by atoms with Crippen LogP contribution in [0.5, 0.6) is 5.75 Å². The number of fused-ring (bicyclic) bond motifs is 1. The molecule has 1 amide bonds. The average molecular weight is 317 g/mol. The highest BCUT2D eigenvalue weighted by Gasteiger charge is 2.11. The smallest absolute Gasteiger partial charge is 0.437 e. The number of amides is 1. The Bertz CT molecular complexity index is 714. The second-order valence-corrected chi connectivity index (χ2v) is 5.15. The first-order chi connectivity index (χ1) is 10.7. The summed E-state index contributed by atoms with van der Waals surface area (Å²) in [6.07, 6.45) is 1.71. The van der Waals surface area contributed by atoms with Crippen molar-refractivity contribution < 1.29 is 14.4 Å². The number of hydrogen-bond donors (Lipinski definition) is 1. The normalized spacial score (nSPS) is 12.8. The molecule has 3 rings (SSSR count). The van der Waals surface area contributed by atoms with Gasteiger partial charge in [0.1, 0.15) is 5.75 Å². The molecule has 0 saturated heterocycles. The Morgan fingerprint density at radius 3 is 2.91 bits per heavy atom. The minimum atomic E-state index is -0.664. The summed E-state index contributed by atoms with van der Waals surface area (Å²) in [7, 11) is 0. The van der Waals surface area contributed by atoms with E-state index in [9.17, 15) is 4.79 Å². The van der Waals surface area contributed by atoms with E-state index in [1.54, 1.807) is 24.3 Å². The van der Waals surface area contributed by atoms with Crippen molar-refractivity contribution in [1.82, 2.24) is 0 Å². The van der Waals surface area contributed by atoms with Crippen LogP contribution in [0.4, 0.5) is 10.5 Å². The number of nitrogens with one attached hydrogen (secondary N) is 1.